The highest BCUT2D eigenvalue weighted by molar-refractivity contribution is 7.98. The van der Waals surface area contributed by atoms with Crippen molar-refractivity contribution in [1.29, 1.82) is 0 Å². The summed E-state index contributed by atoms with van der Waals surface area (Å²) < 4.78 is 12.8. The Labute approximate surface area is 123 Å². The lowest BCUT2D eigenvalue weighted by Crippen LogP contribution is -2.00. The van der Waals surface area contributed by atoms with Crippen LogP contribution < -0.4 is 0 Å². The fraction of sp³-hybridized carbons (Fsp3) is 0.235. The molecule has 104 valence electrons. The number of hydrogen-bond acceptors (Lipinski definition) is 2. The Bertz CT molecular complexity index is 578. The van der Waals surface area contributed by atoms with Crippen LogP contribution in [0.5, 0.6) is 0 Å². The molecule has 0 saturated heterocycles. The Morgan fingerprint density at radius 3 is 2.50 bits per heavy atom. The van der Waals surface area contributed by atoms with Crippen molar-refractivity contribution in [3.8, 4) is 0 Å². The lowest BCUT2D eigenvalue weighted by atomic mass is 10.1. The summed E-state index contributed by atoms with van der Waals surface area (Å²) in [5, 5.41) is 0. The molecule has 0 aliphatic heterocycles. The van der Waals surface area contributed by atoms with Gasteiger partial charge in [-0.05, 0) is 42.3 Å². The predicted octanol–water partition coefficient (Wildman–Crippen LogP) is 4.64. The number of aryl methyl sites for hydroxylation is 1. The third-order valence-electron chi connectivity index (χ3n) is 3.16. The minimum atomic E-state index is -0.310. The first-order chi connectivity index (χ1) is 9.66. The number of thioether (sulfide) groups is 1. The molecule has 20 heavy (non-hydrogen) atoms. The fourth-order valence-electron chi connectivity index (χ4n) is 1.90. The highest BCUT2D eigenvalue weighted by Crippen LogP contribution is 2.17. The molecule has 2 aromatic carbocycles. The lowest BCUT2D eigenvalue weighted by molar-refractivity contribution is 0.0989. The smallest absolute Gasteiger partial charge is 0.163 e. The van der Waals surface area contributed by atoms with E-state index in [4.69, 9.17) is 0 Å². The van der Waals surface area contributed by atoms with Gasteiger partial charge >= 0.3 is 0 Å². The molecule has 2 aromatic rings. The van der Waals surface area contributed by atoms with Crippen LogP contribution in [-0.4, -0.2) is 11.5 Å². The van der Waals surface area contributed by atoms with Crippen LogP contribution in [0.25, 0.3) is 0 Å². The van der Waals surface area contributed by atoms with E-state index in [9.17, 15) is 9.18 Å². The summed E-state index contributed by atoms with van der Waals surface area (Å²) in [5.74, 6) is 1.46. The third-order valence-corrected chi connectivity index (χ3v) is 4.17. The molecule has 0 unspecified atom stereocenters. The zero-order chi connectivity index (χ0) is 14.4. The van der Waals surface area contributed by atoms with Gasteiger partial charge in [0, 0.05) is 23.5 Å². The van der Waals surface area contributed by atoms with Crippen LogP contribution in [0.4, 0.5) is 4.39 Å². The minimum absolute atomic E-state index is 0.0716. The molecule has 0 aromatic heterocycles. The normalized spacial score (nSPS) is 10.5. The number of benzene rings is 2. The van der Waals surface area contributed by atoms with E-state index in [0.29, 0.717) is 12.0 Å². The first kappa shape index (κ1) is 14.8. The van der Waals surface area contributed by atoms with Crippen molar-refractivity contribution in [3.05, 3.63) is 71.0 Å². The summed E-state index contributed by atoms with van der Waals surface area (Å²) in [6, 6.07) is 14.0. The summed E-state index contributed by atoms with van der Waals surface area (Å²) in [5.41, 5.74) is 3.18. The van der Waals surface area contributed by atoms with Gasteiger partial charge in [0.1, 0.15) is 5.82 Å². The molecule has 0 bridgehead atoms. The van der Waals surface area contributed by atoms with E-state index >= 15 is 0 Å². The number of rotatable bonds is 6. The van der Waals surface area contributed by atoms with Crippen molar-refractivity contribution < 1.29 is 9.18 Å². The zero-order valence-corrected chi connectivity index (χ0v) is 12.3. The summed E-state index contributed by atoms with van der Waals surface area (Å²) in [7, 11) is 0. The van der Waals surface area contributed by atoms with Gasteiger partial charge in [0.15, 0.2) is 5.78 Å². The molecule has 0 spiro atoms. The van der Waals surface area contributed by atoms with E-state index in [-0.39, 0.29) is 11.6 Å². The second-order valence-corrected chi connectivity index (χ2v) is 5.76. The highest BCUT2D eigenvalue weighted by Gasteiger charge is 2.06. The van der Waals surface area contributed by atoms with Crippen LogP contribution in [0.15, 0.2) is 48.5 Å². The number of carbonyl (C=O) groups excluding carboxylic acids is 1. The summed E-state index contributed by atoms with van der Waals surface area (Å²) in [6.07, 6.45) is 0.488. The highest BCUT2D eigenvalue weighted by atomic mass is 32.2. The Balaban J connectivity index is 1.77. The monoisotopic (exact) mass is 288 g/mol. The van der Waals surface area contributed by atoms with E-state index in [1.807, 2.05) is 12.1 Å². The molecule has 0 amide bonds. The van der Waals surface area contributed by atoms with Gasteiger partial charge in [0.05, 0.1) is 0 Å². The second kappa shape index (κ2) is 7.25. The van der Waals surface area contributed by atoms with Crippen LogP contribution in [0.2, 0.25) is 0 Å². The number of ketones is 1. The van der Waals surface area contributed by atoms with Gasteiger partial charge in [-0.1, -0.05) is 24.3 Å². The largest absolute Gasteiger partial charge is 0.294 e. The van der Waals surface area contributed by atoms with Crippen molar-refractivity contribution in [1.82, 2.24) is 0 Å². The maximum Gasteiger partial charge on any atom is 0.163 e. The molecule has 0 fully saturated rings. The maximum absolute atomic E-state index is 12.8. The molecule has 3 heteroatoms. The number of halogens is 1. The van der Waals surface area contributed by atoms with Gasteiger partial charge in [-0.15, -0.1) is 0 Å². The van der Waals surface area contributed by atoms with Gasteiger partial charge in [-0.2, -0.15) is 11.8 Å². The number of carbonyl (C=O) groups is 1. The Morgan fingerprint density at radius 2 is 1.80 bits per heavy atom. The second-order valence-electron chi connectivity index (χ2n) is 4.66. The van der Waals surface area contributed by atoms with E-state index in [2.05, 4.69) is 19.1 Å². The average molecular weight is 288 g/mol. The van der Waals surface area contributed by atoms with Crippen molar-refractivity contribution in [2.24, 2.45) is 0 Å². The molecule has 0 aliphatic carbocycles. The third kappa shape index (κ3) is 4.20. The molecule has 0 atom stereocenters. The number of hydrogen-bond donors (Lipinski definition) is 0. The molecule has 0 heterocycles. The number of Topliss-reactive ketones (excluding diaryl/α,β-unsaturated/α-hetero) is 1. The van der Waals surface area contributed by atoms with Crippen molar-refractivity contribution in [2.45, 2.75) is 19.1 Å². The molecule has 0 aliphatic rings. The summed E-state index contributed by atoms with van der Waals surface area (Å²) in [4.78, 5) is 11.9. The molecule has 2 rings (SSSR count). The van der Waals surface area contributed by atoms with Crippen LogP contribution in [0.1, 0.15) is 27.9 Å². The van der Waals surface area contributed by atoms with Gasteiger partial charge in [-0.25, -0.2) is 4.39 Å². The lowest BCUT2D eigenvalue weighted by Gasteiger charge is -2.05. The van der Waals surface area contributed by atoms with Crippen LogP contribution in [-0.2, 0) is 5.75 Å². The van der Waals surface area contributed by atoms with E-state index in [0.717, 1.165) is 11.5 Å². The quantitative estimate of drug-likeness (QED) is 0.569. The minimum Gasteiger partial charge on any atom is -0.294 e. The maximum atomic E-state index is 12.8. The zero-order valence-electron chi connectivity index (χ0n) is 11.4. The Morgan fingerprint density at radius 1 is 1.10 bits per heavy atom. The van der Waals surface area contributed by atoms with Crippen LogP contribution in [0, 0.1) is 12.7 Å². The molecule has 0 radical (unpaired) electrons. The molecular weight excluding hydrogens is 271 g/mol. The van der Waals surface area contributed by atoms with Crippen molar-refractivity contribution in [3.63, 3.8) is 0 Å². The Kier molecular flexibility index (Phi) is 5.36. The van der Waals surface area contributed by atoms with Crippen molar-refractivity contribution >= 4 is 17.5 Å². The van der Waals surface area contributed by atoms with Crippen LogP contribution in [0.3, 0.4) is 0 Å². The molecule has 0 N–H and O–H groups in total. The van der Waals surface area contributed by atoms with Gasteiger partial charge in [0.25, 0.3) is 0 Å². The molecule has 1 nitrogen and oxygen atoms in total. The SMILES string of the molecule is Cc1ccccc1CSCCC(=O)c1ccc(F)cc1. The van der Waals surface area contributed by atoms with Gasteiger partial charge in [-0.3, -0.25) is 4.79 Å². The van der Waals surface area contributed by atoms with E-state index < -0.39 is 0 Å². The molecular formula is C17H17FOS. The summed E-state index contributed by atoms with van der Waals surface area (Å²) in [6.45, 7) is 2.10. The van der Waals surface area contributed by atoms with Gasteiger partial charge in [0.2, 0.25) is 0 Å². The first-order valence-electron chi connectivity index (χ1n) is 6.58. The average Bonchev–Trinajstić information content (AvgIpc) is 2.46. The fourth-order valence-corrected chi connectivity index (χ4v) is 2.92. The van der Waals surface area contributed by atoms with E-state index in [1.165, 1.54) is 23.3 Å². The summed E-state index contributed by atoms with van der Waals surface area (Å²) >= 11 is 1.75. The van der Waals surface area contributed by atoms with Crippen LogP contribution >= 0.6 is 11.8 Å². The Hall–Kier alpha value is -1.61. The predicted molar refractivity (Wildman–Crippen MR) is 82.7 cm³/mol. The molecule has 0 saturated carbocycles. The topological polar surface area (TPSA) is 17.1 Å². The van der Waals surface area contributed by atoms with E-state index in [1.54, 1.807) is 23.9 Å². The first-order valence-corrected chi connectivity index (χ1v) is 7.73. The standard InChI is InChI=1S/C17H17FOS/c1-13-4-2-3-5-15(13)12-20-11-10-17(19)14-6-8-16(18)9-7-14/h2-9H,10-12H2,1H3. The van der Waals surface area contributed by atoms with Crippen molar-refractivity contribution in [2.75, 3.05) is 5.75 Å². The van der Waals surface area contributed by atoms with Gasteiger partial charge < -0.3 is 0 Å².